The van der Waals surface area contributed by atoms with E-state index in [2.05, 4.69) is 15.0 Å². The Morgan fingerprint density at radius 3 is 2.33 bits per heavy atom. The number of halogens is 6. The van der Waals surface area contributed by atoms with Crippen LogP contribution < -0.4 is 10.6 Å². The molecule has 4 rings (SSSR count). The average molecular weight is 487 g/mol. The van der Waals surface area contributed by atoms with Gasteiger partial charge in [0.25, 0.3) is 0 Å². The molecule has 3 aromatic heterocycles. The molecule has 0 saturated heterocycles. The molecule has 4 heterocycles. The minimum atomic E-state index is -4.45. The van der Waals surface area contributed by atoms with E-state index < -0.39 is 28.5 Å². The molecule has 3 aromatic rings. The number of pyridine rings is 1. The van der Waals surface area contributed by atoms with E-state index in [0.29, 0.717) is 41.4 Å². The van der Waals surface area contributed by atoms with Crippen LogP contribution in [0.3, 0.4) is 0 Å². The van der Waals surface area contributed by atoms with Crippen molar-refractivity contribution in [3.63, 3.8) is 0 Å². The largest absolute Gasteiger partial charge is 0.425 e. The number of hydrogen-bond donors (Lipinski definition) is 0. The molecule has 0 bridgehead atoms. The maximum Gasteiger partial charge on any atom is 0.425 e. The molecule has 0 saturated carbocycles. The van der Waals surface area contributed by atoms with E-state index in [1.807, 2.05) is 0 Å². The highest BCUT2D eigenvalue weighted by Crippen LogP contribution is 2.35. The van der Waals surface area contributed by atoms with Crippen LogP contribution in [0.5, 0.6) is 0 Å². The third kappa shape index (κ3) is 5.24. The molecule has 13 heteroatoms. The summed E-state index contributed by atoms with van der Waals surface area (Å²) in [5.41, 5.74) is -0.267. The van der Waals surface area contributed by atoms with E-state index in [-0.39, 0.29) is 12.5 Å². The van der Waals surface area contributed by atoms with Gasteiger partial charge in [0.1, 0.15) is 11.2 Å². The molecule has 0 spiro atoms. The lowest BCUT2D eigenvalue weighted by atomic mass is 10.0. The zero-order valence-electron chi connectivity index (χ0n) is 16.7. The number of aromatic nitrogens is 4. The summed E-state index contributed by atoms with van der Waals surface area (Å²) in [5, 5.41) is 0. The highest BCUT2D eigenvalue weighted by molar-refractivity contribution is 7.12. The molecule has 174 valence electrons. The minimum absolute atomic E-state index is 0.0799. The molecule has 0 aromatic carbocycles. The van der Waals surface area contributed by atoms with Crippen LogP contribution in [0.4, 0.5) is 32.3 Å². The molecule has 6 nitrogen and oxygen atoms in total. The smallest absolute Gasteiger partial charge is 0.337 e. The number of anilines is 1. The van der Waals surface area contributed by atoms with Gasteiger partial charge in [0.15, 0.2) is 0 Å². The van der Waals surface area contributed by atoms with E-state index >= 15 is 0 Å². The van der Waals surface area contributed by atoms with Gasteiger partial charge in [-0.25, -0.2) is 9.78 Å². The summed E-state index contributed by atoms with van der Waals surface area (Å²) in [4.78, 5) is 25.6. The number of thiophene rings is 1. The van der Waals surface area contributed by atoms with Gasteiger partial charge in [-0.05, 0) is 36.3 Å². The van der Waals surface area contributed by atoms with Crippen molar-refractivity contribution < 1.29 is 26.3 Å². The van der Waals surface area contributed by atoms with Gasteiger partial charge in [-0.3, -0.25) is 9.55 Å². The Balaban J connectivity index is 1.43. The lowest BCUT2D eigenvalue weighted by Gasteiger charge is -2.26. The van der Waals surface area contributed by atoms with Gasteiger partial charge in [-0.2, -0.15) is 31.3 Å². The van der Waals surface area contributed by atoms with Crippen molar-refractivity contribution in [2.24, 2.45) is 0 Å². The highest BCUT2D eigenvalue weighted by atomic mass is 32.1. The fraction of sp³-hybridized carbons (Fsp3) is 0.300. The molecular weight excluding hydrogens is 472 g/mol. The molecule has 0 radical (unpaired) electrons. The van der Waals surface area contributed by atoms with Crippen LogP contribution in [0, 0.1) is 0 Å². The number of hydrogen-bond acceptors (Lipinski definition) is 6. The summed E-state index contributed by atoms with van der Waals surface area (Å²) in [6.45, 7) is 0.655. The standard InChI is InChI=1S/C20H15F6N5OS/c21-19(22,23)13-1-3-15(27-9-13)12-5-7-30(8-6-12)17-28-11-31(18(32)29-17)10-14-2-4-16(33-14)20(24,25)26/h1-5,9,11H,6-8,10H2. The van der Waals surface area contributed by atoms with Gasteiger partial charge >= 0.3 is 18.0 Å². The molecule has 0 amide bonds. The SMILES string of the molecule is O=c1nc(N2CC=C(c3ccc(C(F)(F)F)cn3)CC2)ncn1Cc1ccc(C(F)(F)F)s1. The monoisotopic (exact) mass is 487 g/mol. The Hall–Kier alpha value is -3.22. The number of nitrogens with zero attached hydrogens (tertiary/aromatic N) is 5. The predicted molar refractivity (Wildman–Crippen MR) is 109 cm³/mol. The van der Waals surface area contributed by atoms with Crippen LogP contribution in [-0.4, -0.2) is 32.6 Å². The maximum atomic E-state index is 12.7. The van der Waals surface area contributed by atoms with Crippen molar-refractivity contribution in [1.82, 2.24) is 19.5 Å². The summed E-state index contributed by atoms with van der Waals surface area (Å²) in [6.07, 6.45) is -4.64. The summed E-state index contributed by atoms with van der Waals surface area (Å²) in [6, 6.07) is 4.56. The van der Waals surface area contributed by atoms with Gasteiger partial charge in [0.2, 0.25) is 5.95 Å². The first-order chi connectivity index (χ1) is 15.5. The van der Waals surface area contributed by atoms with Crippen LogP contribution in [0.1, 0.15) is 27.4 Å². The normalized spacial score (nSPS) is 15.0. The predicted octanol–water partition coefficient (Wildman–Crippen LogP) is 4.47. The fourth-order valence-electron chi connectivity index (χ4n) is 3.23. The zero-order valence-corrected chi connectivity index (χ0v) is 17.5. The first-order valence-corrected chi connectivity index (χ1v) is 10.4. The highest BCUT2D eigenvalue weighted by Gasteiger charge is 2.32. The fourth-order valence-corrected chi connectivity index (χ4v) is 4.10. The van der Waals surface area contributed by atoms with E-state index in [0.717, 1.165) is 28.5 Å². The van der Waals surface area contributed by atoms with E-state index in [4.69, 9.17) is 0 Å². The first-order valence-electron chi connectivity index (χ1n) is 9.58. The van der Waals surface area contributed by atoms with Crippen molar-refractivity contribution in [3.8, 4) is 0 Å². The summed E-state index contributed by atoms with van der Waals surface area (Å²) < 4.78 is 77.4. The molecule has 0 fully saturated rings. The topological polar surface area (TPSA) is 63.9 Å². The molecule has 1 aliphatic heterocycles. The van der Waals surface area contributed by atoms with Crippen LogP contribution in [0.25, 0.3) is 5.57 Å². The lowest BCUT2D eigenvalue weighted by molar-refractivity contribution is -0.138. The second kappa shape index (κ2) is 8.61. The average Bonchev–Trinajstić information content (AvgIpc) is 3.24. The third-order valence-electron chi connectivity index (χ3n) is 4.93. The zero-order chi connectivity index (χ0) is 23.8. The minimum Gasteiger partial charge on any atom is -0.337 e. The molecule has 0 atom stereocenters. The Kier molecular flexibility index (Phi) is 5.99. The van der Waals surface area contributed by atoms with Crippen molar-refractivity contribution >= 4 is 22.9 Å². The van der Waals surface area contributed by atoms with E-state index in [1.54, 1.807) is 11.0 Å². The van der Waals surface area contributed by atoms with Crippen LogP contribution in [0.2, 0.25) is 0 Å². The Morgan fingerprint density at radius 1 is 1.00 bits per heavy atom. The first kappa shape index (κ1) is 23.0. The summed E-state index contributed by atoms with van der Waals surface area (Å²) >= 11 is 0.549. The van der Waals surface area contributed by atoms with Crippen LogP contribution in [0.15, 0.2) is 47.7 Å². The van der Waals surface area contributed by atoms with Gasteiger partial charge in [-0.15, -0.1) is 11.3 Å². The Bertz CT molecular complexity index is 1230. The number of alkyl halides is 6. The molecular formula is C20H15F6N5OS. The molecule has 0 unspecified atom stereocenters. The Morgan fingerprint density at radius 2 is 1.79 bits per heavy atom. The van der Waals surface area contributed by atoms with Gasteiger partial charge in [0.05, 0.1) is 17.8 Å². The van der Waals surface area contributed by atoms with Gasteiger partial charge in [0, 0.05) is 24.2 Å². The number of rotatable bonds is 4. The van der Waals surface area contributed by atoms with E-state index in [9.17, 15) is 31.1 Å². The molecule has 0 aliphatic carbocycles. The summed E-state index contributed by atoms with van der Waals surface area (Å²) in [7, 11) is 0. The lowest BCUT2D eigenvalue weighted by Crippen LogP contribution is -2.34. The Labute approximate surface area is 186 Å². The second-order valence-electron chi connectivity index (χ2n) is 7.19. The summed E-state index contributed by atoms with van der Waals surface area (Å²) in [5.74, 6) is 0.161. The van der Waals surface area contributed by atoms with E-state index in [1.165, 1.54) is 18.5 Å². The van der Waals surface area contributed by atoms with Crippen molar-refractivity contribution in [3.05, 3.63) is 74.4 Å². The van der Waals surface area contributed by atoms with Crippen molar-refractivity contribution in [2.75, 3.05) is 18.0 Å². The molecule has 33 heavy (non-hydrogen) atoms. The quantitative estimate of drug-likeness (QED) is 0.508. The van der Waals surface area contributed by atoms with Gasteiger partial charge in [-0.1, -0.05) is 6.08 Å². The van der Waals surface area contributed by atoms with Crippen LogP contribution >= 0.6 is 11.3 Å². The third-order valence-corrected chi connectivity index (χ3v) is 6.05. The van der Waals surface area contributed by atoms with Crippen molar-refractivity contribution in [2.45, 2.75) is 25.3 Å². The molecule has 0 N–H and O–H groups in total. The molecule has 1 aliphatic rings. The maximum absolute atomic E-state index is 12.7. The van der Waals surface area contributed by atoms with Crippen molar-refractivity contribution in [1.29, 1.82) is 0 Å². The van der Waals surface area contributed by atoms with Gasteiger partial charge < -0.3 is 4.90 Å². The second-order valence-corrected chi connectivity index (χ2v) is 8.35. The van der Waals surface area contributed by atoms with Crippen LogP contribution in [-0.2, 0) is 18.9 Å².